The van der Waals surface area contributed by atoms with E-state index < -0.39 is 0 Å². The molecule has 0 spiro atoms. The summed E-state index contributed by atoms with van der Waals surface area (Å²) in [7, 11) is 0. The Labute approximate surface area is 113 Å². The number of para-hydroxylation sites is 1. The second-order valence-electron chi connectivity index (χ2n) is 5.06. The average Bonchev–Trinajstić information content (AvgIpc) is 2.78. The number of fused-ring (bicyclic) bond motifs is 1. The molecule has 19 heavy (non-hydrogen) atoms. The molecule has 0 radical (unpaired) electrons. The Bertz CT molecular complexity index is 536. The van der Waals surface area contributed by atoms with Gasteiger partial charge in [-0.3, -0.25) is 0 Å². The molecular weight excluding hydrogens is 236 g/mol. The molecule has 2 atom stereocenters. The van der Waals surface area contributed by atoms with Crippen LogP contribution in [0.1, 0.15) is 23.7 Å². The van der Waals surface area contributed by atoms with Gasteiger partial charge in [-0.25, -0.2) is 0 Å². The molecule has 2 aromatic carbocycles. The van der Waals surface area contributed by atoms with Crippen molar-refractivity contribution in [3.63, 3.8) is 0 Å². The second-order valence-corrected chi connectivity index (χ2v) is 5.06. The van der Waals surface area contributed by atoms with Crippen LogP contribution in [0.4, 0.5) is 0 Å². The van der Waals surface area contributed by atoms with Crippen LogP contribution < -0.4 is 4.74 Å². The molecule has 2 heteroatoms. The average molecular weight is 254 g/mol. The van der Waals surface area contributed by atoms with Gasteiger partial charge in [0.2, 0.25) is 0 Å². The lowest BCUT2D eigenvalue weighted by atomic mass is 10.0. The van der Waals surface area contributed by atoms with Gasteiger partial charge in [-0.1, -0.05) is 42.5 Å². The first kappa shape index (κ1) is 12.2. The van der Waals surface area contributed by atoms with Gasteiger partial charge < -0.3 is 9.84 Å². The van der Waals surface area contributed by atoms with Crippen LogP contribution >= 0.6 is 0 Å². The first-order valence-electron chi connectivity index (χ1n) is 6.78. The van der Waals surface area contributed by atoms with Crippen molar-refractivity contribution in [2.24, 2.45) is 5.92 Å². The zero-order valence-electron chi connectivity index (χ0n) is 10.8. The lowest BCUT2D eigenvalue weighted by molar-refractivity contribution is 0.107. The number of rotatable bonds is 4. The van der Waals surface area contributed by atoms with Crippen LogP contribution in [0.15, 0.2) is 54.6 Å². The van der Waals surface area contributed by atoms with Gasteiger partial charge in [0.05, 0.1) is 12.7 Å². The number of ether oxygens (including phenoxy) is 1. The number of aliphatic hydroxyl groups excluding tert-OH is 1. The van der Waals surface area contributed by atoms with Crippen molar-refractivity contribution >= 4 is 0 Å². The largest absolute Gasteiger partial charge is 0.494 e. The van der Waals surface area contributed by atoms with Crippen LogP contribution in [0, 0.1) is 5.92 Å². The summed E-state index contributed by atoms with van der Waals surface area (Å²) in [4.78, 5) is 0. The summed E-state index contributed by atoms with van der Waals surface area (Å²) in [5.74, 6) is 1.17. The smallest absolute Gasteiger partial charge is 0.119 e. The minimum Gasteiger partial charge on any atom is -0.494 e. The molecule has 2 unspecified atom stereocenters. The zero-order valence-corrected chi connectivity index (χ0v) is 10.8. The van der Waals surface area contributed by atoms with Gasteiger partial charge >= 0.3 is 0 Å². The Morgan fingerprint density at radius 3 is 2.53 bits per heavy atom. The van der Waals surface area contributed by atoms with E-state index in [1.54, 1.807) is 0 Å². The third kappa shape index (κ3) is 2.64. The Morgan fingerprint density at radius 2 is 1.74 bits per heavy atom. The molecule has 0 saturated carbocycles. The van der Waals surface area contributed by atoms with E-state index in [9.17, 15) is 5.11 Å². The molecule has 0 amide bonds. The second kappa shape index (κ2) is 5.45. The number of hydrogen-bond acceptors (Lipinski definition) is 2. The molecule has 0 aromatic heterocycles. The SMILES string of the molecule is OC1c2ccccc2CC1CCOc1ccccc1. The summed E-state index contributed by atoms with van der Waals surface area (Å²) in [6.45, 7) is 0.653. The van der Waals surface area contributed by atoms with E-state index in [2.05, 4.69) is 6.07 Å². The van der Waals surface area contributed by atoms with Crippen molar-refractivity contribution in [2.45, 2.75) is 18.9 Å². The fourth-order valence-corrected chi connectivity index (χ4v) is 2.76. The maximum absolute atomic E-state index is 10.3. The molecule has 3 rings (SSSR count). The molecule has 2 aromatic rings. The molecule has 0 heterocycles. The van der Waals surface area contributed by atoms with Gasteiger partial charge in [-0.15, -0.1) is 0 Å². The van der Waals surface area contributed by atoms with Crippen molar-refractivity contribution < 1.29 is 9.84 Å². The summed E-state index contributed by atoms with van der Waals surface area (Å²) in [6.07, 6.45) is 1.50. The van der Waals surface area contributed by atoms with E-state index in [1.165, 1.54) is 5.56 Å². The standard InChI is InChI=1S/C17H18O2/c18-17-14(12-13-6-4-5-9-16(13)17)10-11-19-15-7-2-1-3-8-15/h1-9,14,17-18H,10-12H2. The molecule has 0 bridgehead atoms. The molecule has 98 valence electrons. The topological polar surface area (TPSA) is 29.5 Å². The Hall–Kier alpha value is -1.80. The normalized spacial score (nSPS) is 21.1. The van der Waals surface area contributed by atoms with E-state index in [0.29, 0.717) is 6.61 Å². The van der Waals surface area contributed by atoms with Crippen molar-refractivity contribution in [1.82, 2.24) is 0 Å². The highest BCUT2D eigenvalue weighted by Gasteiger charge is 2.30. The highest BCUT2D eigenvalue weighted by atomic mass is 16.5. The fourth-order valence-electron chi connectivity index (χ4n) is 2.76. The first-order chi connectivity index (χ1) is 9.34. The first-order valence-corrected chi connectivity index (χ1v) is 6.78. The van der Waals surface area contributed by atoms with E-state index in [0.717, 1.165) is 24.2 Å². The summed E-state index contributed by atoms with van der Waals surface area (Å²) >= 11 is 0. The Kier molecular flexibility index (Phi) is 3.51. The third-order valence-corrected chi connectivity index (χ3v) is 3.80. The Morgan fingerprint density at radius 1 is 1.00 bits per heavy atom. The minimum atomic E-state index is -0.337. The lowest BCUT2D eigenvalue weighted by Crippen LogP contribution is -2.11. The van der Waals surface area contributed by atoms with Gasteiger partial charge in [-0.05, 0) is 42.0 Å². The van der Waals surface area contributed by atoms with Crippen LogP contribution in [0.5, 0.6) is 5.75 Å². The molecule has 1 N–H and O–H groups in total. The van der Waals surface area contributed by atoms with Crippen molar-refractivity contribution in [2.75, 3.05) is 6.61 Å². The maximum Gasteiger partial charge on any atom is 0.119 e. The molecule has 0 aliphatic heterocycles. The maximum atomic E-state index is 10.3. The van der Waals surface area contributed by atoms with Crippen LogP contribution in [-0.2, 0) is 6.42 Å². The fraction of sp³-hybridized carbons (Fsp3) is 0.294. The zero-order chi connectivity index (χ0) is 13.1. The van der Waals surface area contributed by atoms with Crippen LogP contribution in [0.2, 0.25) is 0 Å². The molecule has 0 fully saturated rings. The highest BCUT2D eigenvalue weighted by molar-refractivity contribution is 5.34. The van der Waals surface area contributed by atoms with Crippen LogP contribution in [-0.4, -0.2) is 11.7 Å². The Balaban J connectivity index is 1.55. The number of hydrogen-bond donors (Lipinski definition) is 1. The predicted molar refractivity (Wildman–Crippen MR) is 75.1 cm³/mol. The minimum absolute atomic E-state index is 0.279. The summed E-state index contributed by atoms with van der Waals surface area (Å²) in [5, 5.41) is 10.3. The van der Waals surface area contributed by atoms with Gasteiger partial charge in [0.15, 0.2) is 0 Å². The summed E-state index contributed by atoms with van der Waals surface area (Å²) in [5.41, 5.74) is 2.37. The van der Waals surface area contributed by atoms with Gasteiger partial charge in [-0.2, -0.15) is 0 Å². The predicted octanol–water partition coefficient (Wildman–Crippen LogP) is 3.36. The molecule has 1 aliphatic carbocycles. The van der Waals surface area contributed by atoms with Crippen molar-refractivity contribution in [3.05, 3.63) is 65.7 Å². The van der Waals surface area contributed by atoms with Crippen LogP contribution in [0.25, 0.3) is 0 Å². The quantitative estimate of drug-likeness (QED) is 0.906. The molecule has 0 saturated heterocycles. The lowest BCUT2D eigenvalue weighted by Gasteiger charge is -2.15. The van der Waals surface area contributed by atoms with Gasteiger partial charge in [0.25, 0.3) is 0 Å². The third-order valence-electron chi connectivity index (χ3n) is 3.80. The van der Waals surface area contributed by atoms with Gasteiger partial charge in [0, 0.05) is 0 Å². The summed E-state index contributed by atoms with van der Waals surface area (Å²) in [6, 6.07) is 18.0. The molecular formula is C17H18O2. The monoisotopic (exact) mass is 254 g/mol. The number of aliphatic hydroxyl groups is 1. The van der Waals surface area contributed by atoms with Gasteiger partial charge in [0.1, 0.15) is 5.75 Å². The highest BCUT2D eigenvalue weighted by Crippen LogP contribution is 2.37. The molecule has 2 nitrogen and oxygen atoms in total. The van der Waals surface area contributed by atoms with Crippen LogP contribution in [0.3, 0.4) is 0 Å². The van der Waals surface area contributed by atoms with E-state index in [1.807, 2.05) is 48.5 Å². The summed E-state index contributed by atoms with van der Waals surface area (Å²) < 4.78 is 5.70. The van der Waals surface area contributed by atoms with Crippen molar-refractivity contribution in [1.29, 1.82) is 0 Å². The van der Waals surface area contributed by atoms with E-state index in [4.69, 9.17) is 4.74 Å². The molecule has 1 aliphatic rings. The van der Waals surface area contributed by atoms with E-state index >= 15 is 0 Å². The van der Waals surface area contributed by atoms with E-state index in [-0.39, 0.29) is 12.0 Å². The van der Waals surface area contributed by atoms with Crippen molar-refractivity contribution in [3.8, 4) is 5.75 Å². The number of benzene rings is 2.